The Hall–Kier alpha value is -2.40. The molecule has 0 aliphatic carbocycles. The Balaban J connectivity index is 2.04. The number of methoxy groups -OCH3 is 1. The van der Waals surface area contributed by atoms with Crippen molar-refractivity contribution >= 4 is 22.6 Å². The molecule has 1 atom stereocenters. The molecule has 2 aromatic carbocycles. The van der Waals surface area contributed by atoms with Gasteiger partial charge in [-0.25, -0.2) is 0 Å². The first kappa shape index (κ1) is 17.9. The first-order chi connectivity index (χ1) is 11.6. The summed E-state index contributed by atoms with van der Waals surface area (Å²) in [5, 5.41) is 5.08. The molecule has 0 aliphatic rings. The number of nitrogens with one attached hydrogen (secondary N) is 1. The fourth-order valence-corrected chi connectivity index (χ4v) is 2.64. The van der Waals surface area contributed by atoms with Gasteiger partial charge in [0.15, 0.2) is 0 Å². The molecule has 0 fully saturated rings. The van der Waals surface area contributed by atoms with E-state index >= 15 is 0 Å². The molecule has 2 rings (SSSR count). The van der Waals surface area contributed by atoms with Gasteiger partial charge in [-0.3, -0.25) is 9.59 Å². The number of carbonyl (C=O) groups is 2. The van der Waals surface area contributed by atoms with Crippen molar-refractivity contribution in [2.45, 2.75) is 19.3 Å². The molecule has 0 spiro atoms. The van der Waals surface area contributed by atoms with Crippen molar-refractivity contribution in [3.8, 4) is 0 Å². The lowest BCUT2D eigenvalue weighted by molar-refractivity contribution is -0.145. The third-order valence-electron chi connectivity index (χ3n) is 3.98. The molecule has 0 bridgehead atoms. The highest BCUT2D eigenvalue weighted by atomic mass is 16.5. The number of rotatable bonds is 8. The Labute approximate surface area is 142 Å². The van der Waals surface area contributed by atoms with Crippen LogP contribution >= 0.6 is 0 Å². The van der Waals surface area contributed by atoms with Crippen LogP contribution in [0.1, 0.15) is 18.4 Å². The van der Waals surface area contributed by atoms with Gasteiger partial charge in [-0.2, -0.15) is 0 Å². The lowest BCUT2D eigenvalue weighted by Gasteiger charge is -2.16. The Morgan fingerprint density at radius 3 is 2.62 bits per heavy atom. The number of hydrogen-bond acceptors (Lipinski definition) is 4. The molecule has 2 aromatic rings. The number of nitrogens with two attached hydrogens (primary N) is 1. The number of esters is 1. The molecule has 128 valence electrons. The molecule has 0 aromatic heterocycles. The van der Waals surface area contributed by atoms with Gasteiger partial charge < -0.3 is 15.8 Å². The van der Waals surface area contributed by atoms with Crippen molar-refractivity contribution < 1.29 is 14.3 Å². The van der Waals surface area contributed by atoms with Crippen LogP contribution in [-0.2, 0) is 20.7 Å². The minimum absolute atomic E-state index is 0.0899. The summed E-state index contributed by atoms with van der Waals surface area (Å²) in [5.41, 5.74) is 6.44. The summed E-state index contributed by atoms with van der Waals surface area (Å²) in [5.74, 6) is -0.812. The fraction of sp³-hybridized carbons (Fsp3) is 0.368. The van der Waals surface area contributed by atoms with Crippen molar-refractivity contribution in [1.82, 2.24) is 5.32 Å². The molecule has 1 amide bonds. The summed E-state index contributed by atoms with van der Waals surface area (Å²) in [4.78, 5) is 23.7. The summed E-state index contributed by atoms with van der Waals surface area (Å²) >= 11 is 0. The maximum absolute atomic E-state index is 12.0. The van der Waals surface area contributed by atoms with E-state index < -0.39 is 5.92 Å². The van der Waals surface area contributed by atoms with Gasteiger partial charge in [0.2, 0.25) is 5.91 Å². The highest BCUT2D eigenvalue weighted by Crippen LogP contribution is 2.18. The van der Waals surface area contributed by atoms with Crippen LogP contribution < -0.4 is 11.1 Å². The molecule has 24 heavy (non-hydrogen) atoms. The van der Waals surface area contributed by atoms with Crippen LogP contribution in [0, 0.1) is 5.92 Å². The Morgan fingerprint density at radius 1 is 1.17 bits per heavy atom. The van der Waals surface area contributed by atoms with E-state index in [2.05, 4.69) is 17.4 Å². The molecule has 0 aliphatic heterocycles. The molecule has 5 nitrogen and oxygen atoms in total. The molecule has 3 N–H and O–H groups in total. The predicted molar refractivity (Wildman–Crippen MR) is 94.5 cm³/mol. The Bertz CT molecular complexity index is 700. The molecular weight excluding hydrogens is 304 g/mol. The second-order valence-corrected chi connectivity index (χ2v) is 5.80. The van der Waals surface area contributed by atoms with Crippen molar-refractivity contribution in [3.05, 3.63) is 48.0 Å². The molecule has 1 unspecified atom stereocenters. The van der Waals surface area contributed by atoms with Gasteiger partial charge in [-0.1, -0.05) is 42.5 Å². The number of carbonyl (C=O) groups excluding carboxylic acids is 2. The predicted octanol–water partition coefficient (Wildman–Crippen LogP) is 2.03. The molecular formula is C19H24N2O3. The second kappa shape index (κ2) is 9.03. The minimum Gasteiger partial charge on any atom is -0.469 e. The van der Waals surface area contributed by atoms with E-state index in [1.807, 2.05) is 30.3 Å². The lowest BCUT2D eigenvalue weighted by Crippen LogP contribution is -2.34. The highest BCUT2D eigenvalue weighted by Gasteiger charge is 2.20. The average molecular weight is 328 g/mol. The maximum atomic E-state index is 12.0. The summed E-state index contributed by atoms with van der Waals surface area (Å²) < 4.78 is 4.88. The number of fused-ring (bicyclic) bond motifs is 1. The summed E-state index contributed by atoms with van der Waals surface area (Å²) in [7, 11) is 1.37. The molecule has 5 heteroatoms. The van der Waals surface area contributed by atoms with E-state index in [4.69, 9.17) is 10.5 Å². The number of hydrogen-bond donors (Lipinski definition) is 2. The first-order valence-corrected chi connectivity index (χ1v) is 8.16. The van der Waals surface area contributed by atoms with Crippen molar-refractivity contribution in [2.75, 3.05) is 20.2 Å². The van der Waals surface area contributed by atoms with E-state index in [1.54, 1.807) is 0 Å². The summed E-state index contributed by atoms with van der Waals surface area (Å²) in [6.07, 6.45) is 1.54. The van der Waals surface area contributed by atoms with E-state index in [-0.39, 0.29) is 18.4 Å². The van der Waals surface area contributed by atoms with Crippen molar-refractivity contribution in [2.24, 2.45) is 11.7 Å². The zero-order valence-corrected chi connectivity index (χ0v) is 14.0. The van der Waals surface area contributed by atoms with Crippen LogP contribution in [0.4, 0.5) is 0 Å². The summed E-state index contributed by atoms with van der Waals surface area (Å²) in [6, 6.07) is 14.2. The Morgan fingerprint density at radius 2 is 1.92 bits per heavy atom. The minimum atomic E-state index is -0.405. The fourth-order valence-electron chi connectivity index (χ4n) is 2.64. The van der Waals surface area contributed by atoms with E-state index in [9.17, 15) is 9.59 Å². The quantitative estimate of drug-likeness (QED) is 0.727. The van der Waals surface area contributed by atoms with Crippen molar-refractivity contribution in [3.63, 3.8) is 0 Å². The van der Waals surface area contributed by atoms with E-state index in [0.29, 0.717) is 25.8 Å². The lowest BCUT2D eigenvalue weighted by atomic mass is 9.97. The zero-order valence-electron chi connectivity index (χ0n) is 14.0. The summed E-state index contributed by atoms with van der Waals surface area (Å²) in [6.45, 7) is 0.744. The van der Waals surface area contributed by atoms with Gasteiger partial charge in [0.25, 0.3) is 0 Å². The van der Waals surface area contributed by atoms with Gasteiger partial charge in [-0.05, 0) is 35.7 Å². The van der Waals surface area contributed by atoms with Gasteiger partial charge in [-0.15, -0.1) is 0 Å². The van der Waals surface area contributed by atoms with Crippen LogP contribution in [-0.4, -0.2) is 32.1 Å². The van der Waals surface area contributed by atoms with Gasteiger partial charge >= 0.3 is 5.97 Å². The number of ether oxygens (including phenoxy) is 1. The monoisotopic (exact) mass is 328 g/mol. The smallest absolute Gasteiger partial charge is 0.310 e. The largest absolute Gasteiger partial charge is 0.469 e. The molecule has 0 radical (unpaired) electrons. The second-order valence-electron chi connectivity index (χ2n) is 5.80. The molecule has 0 saturated carbocycles. The van der Waals surface area contributed by atoms with Gasteiger partial charge in [0.1, 0.15) is 0 Å². The number of amides is 1. The SMILES string of the molecule is COC(=O)C(CNC(=O)CCCN)Cc1ccc2ccccc2c1. The maximum Gasteiger partial charge on any atom is 0.310 e. The first-order valence-electron chi connectivity index (χ1n) is 8.16. The zero-order chi connectivity index (χ0) is 17.4. The van der Waals surface area contributed by atoms with Crippen LogP contribution in [0.2, 0.25) is 0 Å². The van der Waals surface area contributed by atoms with Crippen LogP contribution in [0.3, 0.4) is 0 Å². The van der Waals surface area contributed by atoms with Gasteiger partial charge in [0, 0.05) is 13.0 Å². The van der Waals surface area contributed by atoms with Crippen LogP contribution in [0.5, 0.6) is 0 Å². The standard InChI is InChI=1S/C19H24N2O3/c1-24-19(23)17(13-21-18(22)7-4-10-20)12-14-8-9-15-5-2-3-6-16(15)11-14/h2-3,5-6,8-9,11,17H,4,7,10,12-13,20H2,1H3,(H,21,22). The third kappa shape index (κ3) is 5.06. The third-order valence-corrected chi connectivity index (χ3v) is 3.98. The topological polar surface area (TPSA) is 81.4 Å². The Kier molecular flexibility index (Phi) is 6.75. The van der Waals surface area contributed by atoms with Crippen LogP contribution in [0.15, 0.2) is 42.5 Å². The highest BCUT2D eigenvalue weighted by molar-refractivity contribution is 5.83. The molecule has 0 saturated heterocycles. The number of benzene rings is 2. The van der Waals surface area contributed by atoms with Gasteiger partial charge in [0.05, 0.1) is 13.0 Å². The van der Waals surface area contributed by atoms with Crippen molar-refractivity contribution in [1.29, 1.82) is 0 Å². The average Bonchev–Trinajstić information content (AvgIpc) is 2.62. The molecule has 0 heterocycles. The van der Waals surface area contributed by atoms with E-state index in [1.165, 1.54) is 7.11 Å². The normalized spacial score (nSPS) is 11.9. The van der Waals surface area contributed by atoms with Crippen LogP contribution in [0.25, 0.3) is 10.8 Å². The van der Waals surface area contributed by atoms with E-state index in [0.717, 1.165) is 16.3 Å².